The topological polar surface area (TPSA) is 87.3 Å². The molecule has 2 N–H and O–H groups in total. The highest BCUT2D eigenvalue weighted by Gasteiger charge is 2.12. The molecule has 4 aromatic rings. The van der Waals surface area contributed by atoms with Gasteiger partial charge in [0.1, 0.15) is 0 Å². The number of nitrogens with one attached hydrogen (secondary N) is 1. The summed E-state index contributed by atoms with van der Waals surface area (Å²) in [6, 6.07) is 12.6. The second-order valence-corrected chi connectivity index (χ2v) is 5.55. The van der Waals surface area contributed by atoms with Crippen LogP contribution in [0.5, 0.6) is 5.95 Å². The van der Waals surface area contributed by atoms with Gasteiger partial charge in [-0.1, -0.05) is 11.6 Å². The zero-order valence-corrected chi connectivity index (χ0v) is 13.0. The number of rotatable bonds is 3. The van der Waals surface area contributed by atoms with Crippen LogP contribution in [-0.2, 0) is 0 Å². The number of hydrogen-bond acceptors (Lipinski definition) is 5. The zero-order chi connectivity index (χ0) is 16.5. The number of hydrogen-bond donors (Lipinski definition) is 2. The minimum Gasteiger partial charge on any atom is -0.479 e. The fourth-order valence-electron chi connectivity index (χ4n) is 2.26. The molecule has 6 nitrogen and oxygen atoms in total. The summed E-state index contributed by atoms with van der Waals surface area (Å²) in [7, 11) is 0. The molecule has 0 aliphatic heterocycles. The molecule has 0 atom stereocenters. The van der Waals surface area contributed by atoms with Crippen molar-refractivity contribution in [3.05, 3.63) is 59.4 Å². The molecule has 0 fully saturated rings. The maximum absolute atomic E-state index is 9.90. The smallest absolute Gasteiger partial charge is 0.312 e. The standard InChI is InChI=1S/C17H11ClN4O2/c18-12-4-1-10(2-5-12)16-21-15(17(23)24-16)9-19-13-6-3-11-8-20-22-14(11)7-13/h1-9,23H,(H,20,22). The molecule has 0 radical (unpaired) electrons. The van der Waals surface area contributed by atoms with Gasteiger partial charge in [-0.25, -0.2) is 4.98 Å². The molecule has 4 rings (SSSR count). The molecule has 0 aliphatic carbocycles. The van der Waals surface area contributed by atoms with E-state index in [1.54, 1.807) is 30.5 Å². The maximum atomic E-state index is 9.90. The molecular formula is C17H11ClN4O2. The van der Waals surface area contributed by atoms with Gasteiger partial charge in [0.2, 0.25) is 5.89 Å². The highest BCUT2D eigenvalue weighted by Crippen LogP contribution is 2.27. The van der Waals surface area contributed by atoms with E-state index in [9.17, 15) is 5.11 Å². The number of aromatic amines is 1. The molecule has 7 heteroatoms. The first-order valence-corrected chi connectivity index (χ1v) is 7.50. The highest BCUT2D eigenvalue weighted by molar-refractivity contribution is 6.30. The van der Waals surface area contributed by atoms with E-state index in [4.69, 9.17) is 16.0 Å². The van der Waals surface area contributed by atoms with Crippen molar-refractivity contribution in [1.29, 1.82) is 0 Å². The van der Waals surface area contributed by atoms with Crippen molar-refractivity contribution in [2.75, 3.05) is 0 Å². The average molecular weight is 339 g/mol. The first-order chi connectivity index (χ1) is 11.7. The Labute approximate surface area is 141 Å². The number of benzene rings is 2. The Kier molecular flexibility index (Phi) is 3.51. The minimum absolute atomic E-state index is 0.254. The van der Waals surface area contributed by atoms with Crippen LogP contribution >= 0.6 is 11.6 Å². The van der Waals surface area contributed by atoms with Gasteiger partial charge in [-0.3, -0.25) is 10.1 Å². The van der Waals surface area contributed by atoms with Gasteiger partial charge in [-0.05, 0) is 42.5 Å². The third-order valence-corrected chi connectivity index (χ3v) is 3.74. The third-order valence-electron chi connectivity index (χ3n) is 3.49. The van der Waals surface area contributed by atoms with Crippen LogP contribution in [0.1, 0.15) is 5.69 Å². The van der Waals surface area contributed by atoms with Gasteiger partial charge in [-0.2, -0.15) is 5.10 Å². The monoisotopic (exact) mass is 338 g/mol. The second-order valence-electron chi connectivity index (χ2n) is 5.12. The van der Waals surface area contributed by atoms with Gasteiger partial charge in [0, 0.05) is 16.0 Å². The number of oxazole rings is 1. The SMILES string of the molecule is Oc1oc(-c2ccc(Cl)cc2)nc1C=Nc1ccc2cn[nH]c2c1. The lowest BCUT2D eigenvalue weighted by Gasteiger charge is -1.94. The number of nitrogens with zero attached hydrogens (tertiary/aromatic N) is 3. The molecule has 118 valence electrons. The fourth-order valence-corrected chi connectivity index (χ4v) is 2.39. The molecule has 0 unspecified atom stereocenters. The predicted molar refractivity (Wildman–Crippen MR) is 92.0 cm³/mol. The summed E-state index contributed by atoms with van der Waals surface area (Å²) < 4.78 is 5.28. The van der Waals surface area contributed by atoms with E-state index in [-0.39, 0.29) is 11.6 Å². The van der Waals surface area contributed by atoms with E-state index in [1.807, 2.05) is 18.2 Å². The number of halogens is 1. The minimum atomic E-state index is -0.286. The van der Waals surface area contributed by atoms with Crippen molar-refractivity contribution >= 4 is 34.4 Å². The molecule has 0 saturated carbocycles. The largest absolute Gasteiger partial charge is 0.479 e. The lowest BCUT2D eigenvalue weighted by molar-refractivity contribution is 0.337. The van der Waals surface area contributed by atoms with Crippen LogP contribution in [0.15, 0.2) is 58.1 Å². The van der Waals surface area contributed by atoms with E-state index < -0.39 is 0 Å². The second kappa shape index (κ2) is 5.82. The Hall–Kier alpha value is -3.12. The number of fused-ring (bicyclic) bond motifs is 1. The molecular weight excluding hydrogens is 328 g/mol. The lowest BCUT2D eigenvalue weighted by Crippen LogP contribution is -1.82. The molecule has 0 spiro atoms. The summed E-state index contributed by atoms with van der Waals surface area (Å²) in [4.78, 5) is 8.56. The van der Waals surface area contributed by atoms with Crippen molar-refractivity contribution in [2.45, 2.75) is 0 Å². The van der Waals surface area contributed by atoms with Crippen LogP contribution in [0.4, 0.5) is 5.69 Å². The van der Waals surface area contributed by atoms with E-state index >= 15 is 0 Å². The van der Waals surface area contributed by atoms with Crippen molar-refractivity contribution in [1.82, 2.24) is 15.2 Å². The van der Waals surface area contributed by atoms with E-state index in [2.05, 4.69) is 20.2 Å². The number of aliphatic imine (C=N–C) groups is 1. The summed E-state index contributed by atoms with van der Waals surface area (Å²) >= 11 is 5.86. The summed E-state index contributed by atoms with van der Waals surface area (Å²) in [5.41, 5.74) is 2.57. The summed E-state index contributed by atoms with van der Waals surface area (Å²) in [5, 5.41) is 18.4. The summed E-state index contributed by atoms with van der Waals surface area (Å²) in [6.45, 7) is 0. The maximum Gasteiger partial charge on any atom is 0.312 e. The van der Waals surface area contributed by atoms with E-state index in [1.165, 1.54) is 6.21 Å². The Bertz CT molecular complexity index is 1030. The van der Waals surface area contributed by atoms with Crippen molar-refractivity contribution < 1.29 is 9.52 Å². The van der Waals surface area contributed by atoms with Crippen LogP contribution in [0.2, 0.25) is 5.02 Å². The van der Waals surface area contributed by atoms with Crippen molar-refractivity contribution in [3.63, 3.8) is 0 Å². The number of H-pyrrole nitrogens is 1. The molecule has 24 heavy (non-hydrogen) atoms. The van der Waals surface area contributed by atoms with Gasteiger partial charge < -0.3 is 9.52 Å². The Morgan fingerprint density at radius 1 is 1.17 bits per heavy atom. The molecule has 0 aliphatic rings. The van der Waals surface area contributed by atoms with Crippen LogP contribution in [0.3, 0.4) is 0 Å². The number of aromatic hydroxyl groups is 1. The third kappa shape index (κ3) is 2.75. The van der Waals surface area contributed by atoms with Gasteiger partial charge >= 0.3 is 5.95 Å². The van der Waals surface area contributed by atoms with E-state index in [0.717, 1.165) is 10.9 Å². The number of aromatic nitrogens is 3. The molecule has 2 aromatic heterocycles. The van der Waals surface area contributed by atoms with Crippen molar-refractivity contribution in [3.8, 4) is 17.4 Å². The van der Waals surface area contributed by atoms with Crippen LogP contribution in [0.25, 0.3) is 22.4 Å². The van der Waals surface area contributed by atoms with Gasteiger partial charge in [0.25, 0.3) is 0 Å². The Morgan fingerprint density at radius 2 is 2.00 bits per heavy atom. The Balaban J connectivity index is 1.63. The zero-order valence-electron chi connectivity index (χ0n) is 12.3. The van der Waals surface area contributed by atoms with Crippen LogP contribution < -0.4 is 0 Å². The van der Waals surface area contributed by atoms with E-state index in [0.29, 0.717) is 22.2 Å². The molecule has 2 heterocycles. The van der Waals surface area contributed by atoms with Gasteiger partial charge in [-0.15, -0.1) is 0 Å². The Morgan fingerprint density at radius 3 is 2.83 bits per heavy atom. The predicted octanol–water partition coefficient (Wildman–Crippen LogP) is 4.33. The first-order valence-electron chi connectivity index (χ1n) is 7.12. The highest BCUT2D eigenvalue weighted by atomic mass is 35.5. The fraction of sp³-hybridized carbons (Fsp3) is 0. The van der Waals surface area contributed by atoms with Crippen molar-refractivity contribution in [2.24, 2.45) is 4.99 Å². The van der Waals surface area contributed by atoms with Crippen LogP contribution in [-0.4, -0.2) is 26.5 Å². The summed E-state index contributed by atoms with van der Waals surface area (Å²) in [5.74, 6) is 0.0148. The van der Waals surface area contributed by atoms with Gasteiger partial charge in [0.05, 0.1) is 23.6 Å². The lowest BCUT2D eigenvalue weighted by atomic mass is 10.2. The molecule has 0 amide bonds. The average Bonchev–Trinajstić information content (AvgIpc) is 3.19. The quantitative estimate of drug-likeness (QED) is 0.544. The molecule has 0 bridgehead atoms. The van der Waals surface area contributed by atoms with Crippen LogP contribution in [0, 0.1) is 0 Å². The first kappa shape index (κ1) is 14.5. The molecule has 0 saturated heterocycles. The van der Waals surface area contributed by atoms with Gasteiger partial charge in [0.15, 0.2) is 5.69 Å². The normalized spacial score (nSPS) is 11.5. The molecule has 2 aromatic carbocycles. The summed E-state index contributed by atoms with van der Waals surface area (Å²) in [6.07, 6.45) is 3.19.